The van der Waals surface area contributed by atoms with Gasteiger partial charge in [-0.05, 0) is 50.1 Å². The first-order valence-electron chi connectivity index (χ1n) is 7.62. The number of benzene rings is 1. The number of alkyl halides is 3. The Morgan fingerprint density at radius 1 is 1.33 bits per heavy atom. The van der Waals surface area contributed by atoms with Crippen molar-refractivity contribution in [2.75, 3.05) is 7.05 Å². The van der Waals surface area contributed by atoms with Crippen LogP contribution in [0.5, 0.6) is 5.75 Å². The first kappa shape index (κ1) is 16.6. The number of allylic oxidation sites excluding steroid dienone is 1. The van der Waals surface area contributed by atoms with Crippen LogP contribution in [-0.2, 0) is 0 Å². The van der Waals surface area contributed by atoms with Gasteiger partial charge in [-0.3, -0.25) is 5.32 Å². The van der Waals surface area contributed by atoms with Gasteiger partial charge in [0.15, 0.2) is 5.96 Å². The van der Waals surface area contributed by atoms with Gasteiger partial charge in [0.25, 0.3) is 0 Å². The van der Waals surface area contributed by atoms with E-state index in [9.17, 15) is 13.2 Å². The summed E-state index contributed by atoms with van der Waals surface area (Å²) in [6.45, 7) is 1.96. The summed E-state index contributed by atoms with van der Waals surface area (Å²) in [4.78, 5) is 4.43. The van der Waals surface area contributed by atoms with Gasteiger partial charge in [0, 0.05) is 11.6 Å². The Balaban J connectivity index is 1.86. The molecule has 2 aliphatic rings. The second-order valence-corrected chi connectivity index (χ2v) is 6.04. The van der Waals surface area contributed by atoms with E-state index in [-0.39, 0.29) is 11.7 Å². The van der Waals surface area contributed by atoms with Crippen LogP contribution in [0, 0.1) is 0 Å². The molecule has 2 atom stereocenters. The SMILES string of the molecule is CNC1(C)N=C(N)NC2=C1CCC2c1ccc(OC(F)(F)F)cc1. The Hall–Kier alpha value is -2.22. The number of hydrogen-bond donors (Lipinski definition) is 3. The van der Waals surface area contributed by atoms with E-state index in [0.29, 0.717) is 5.96 Å². The minimum Gasteiger partial charge on any atom is -0.406 e. The molecular weight excluding hydrogens is 321 g/mol. The summed E-state index contributed by atoms with van der Waals surface area (Å²) < 4.78 is 40.7. The summed E-state index contributed by atoms with van der Waals surface area (Å²) in [6.07, 6.45) is -3.01. The third-order valence-electron chi connectivity index (χ3n) is 4.55. The largest absolute Gasteiger partial charge is 0.573 e. The number of nitrogens with two attached hydrogens (primary N) is 1. The van der Waals surface area contributed by atoms with Crippen LogP contribution < -0.4 is 21.1 Å². The minimum atomic E-state index is -4.69. The van der Waals surface area contributed by atoms with Crippen LogP contribution in [0.15, 0.2) is 40.5 Å². The predicted molar refractivity (Wildman–Crippen MR) is 84.3 cm³/mol. The maximum atomic E-state index is 12.3. The second kappa shape index (κ2) is 5.70. The Morgan fingerprint density at radius 3 is 2.58 bits per heavy atom. The average Bonchev–Trinajstić information content (AvgIpc) is 2.91. The van der Waals surface area contributed by atoms with Crippen LogP contribution in [0.3, 0.4) is 0 Å². The summed E-state index contributed by atoms with van der Waals surface area (Å²) in [7, 11) is 1.82. The van der Waals surface area contributed by atoms with E-state index in [1.54, 1.807) is 12.1 Å². The van der Waals surface area contributed by atoms with Crippen molar-refractivity contribution >= 4 is 5.96 Å². The Morgan fingerprint density at radius 2 is 2.00 bits per heavy atom. The highest BCUT2D eigenvalue weighted by atomic mass is 19.4. The van der Waals surface area contributed by atoms with Crippen LogP contribution in [0.25, 0.3) is 0 Å². The molecule has 130 valence electrons. The normalized spacial score (nSPS) is 26.7. The second-order valence-electron chi connectivity index (χ2n) is 6.04. The van der Waals surface area contributed by atoms with E-state index in [2.05, 4.69) is 20.4 Å². The molecule has 5 nitrogen and oxygen atoms in total. The molecule has 1 aliphatic carbocycles. The zero-order valence-corrected chi connectivity index (χ0v) is 13.4. The molecule has 1 heterocycles. The number of ether oxygens (including phenoxy) is 1. The molecule has 1 aromatic carbocycles. The number of halogens is 3. The number of hydrogen-bond acceptors (Lipinski definition) is 5. The molecule has 1 aromatic rings. The lowest BCUT2D eigenvalue weighted by atomic mass is 9.94. The third kappa shape index (κ3) is 3.06. The van der Waals surface area contributed by atoms with Crippen molar-refractivity contribution in [1.29, 1.82) is 0 Å². The highest BCUT2D eigenvalue weighted by molar-refractivity contribution is 5.82. The number of guanidine groups is 1. The molecular formula is C16H19F3N4O. The van der Waals surface area contributed by atoms with E-state index >= 15 is 0 Å². The van der Waals surface area contributed by atoms with Crippen molar-refractivity contribution in [1.82, 2.24) is 10.6 Å². The number of nitrogens with zero attached hydrogens (tertiary/aromatic N) is 1. The lowest BCUT2D eigenvalue weighted by Gasteiger charge is -2.33. The van der Waals surface area contributed by atoms with Gasteiger partial charge in [-0.15, -0.1) is 13.2 Å². The van der Waals surface area contributed by atoms with Crippen LogP contribution in [-0.4, -0.2) is 25.0 Å². The maximum absolute atomic E-state index is 12.3. The molecule has 0 spiro atoms. The van der Waals surface area contributed by atoms with Crippen molar-refractivity contribution in [3.8, 4) is 5.75 Å². The van der Waals surface area contributed by atoms with Crippen LogP contribution >= 0.6 is 0 Å². The first-order valence-corrected chi connectivity index (χ1v) is 7.62. The van der Waals surface area contributed by atoms with Gasteiger partial charge in [0.05, 0.1) is 0 Å². The summed E-state index contributed by atoms with van der Waals surface area (Å²) in [5, 5.41) is 6.30. The predicted octanol–water partition coefficient (Wildman–Crippen LogP) is 2.57. The van der Waals surface area contributed by atoms with Gasteiger partial charge in [-0.1, -0.05) is 12.1 Å². The van der Waals surface area contributed by atoms with Gasteiger partial charge in [0.2, 0.25) is 0 Å². The number of likely N-dealkylation sites (N-methyl/N-ethyl adjacent to an activating group) is 1. The van der Waals surface area contributed by atoms with E-state index in [1.165, 1.54) is 12.1 Å². The smallest absolute Gasteiger partial charge is 0.406 e. The topological polar surface area (TPSA) is 71.7 Å². The Bertz CT molecular complexity index is 696. The van der Waals surface area contributed by atoms with Crippen LogP contribution in [0.1, 0.15) is 31.2 Å². The van der Waals surface area contributed by atoms with Crippen molar-refractivity contribution in [3.05, 3.63) is 41.1 Å². The van der Waals surface area contributed by atoms with Gasteiger partial charge in [-0.25, -0.2) is 4.99 Å². The minimum absolute atomic E-state index is 0.0432. The molecule has 3 rings (SSSR count). The molecule has 0 fully saturated rings. The van der Waals surface area contributed by atoms with Crippen LogP contribution in [0.4, 0.5) is 13.2 Å². The lowest BCUT2D eigenvalue weighted by molar-refractivity contribution is -0.274. The zero-order valence-electron chi connectivity index (χ0n) is 13.4. The first-order chi connectivity index (χ1) is 11.2. The third-order valence-corrected chi connectivity index (χ3v) is 4.55. The standard InChI is InChI=1S/C16H19F3N4O/c1-15(21-2)12-8-7-11(13(12)22-14(20)23-15)9-3-5-10(6-4-9)24-16(17,18)19/h3-6,11,21H,7-8H2,1-2H3,(H3,20,22,23). The summed E-state index contributed by atoms with van der Waals surface area (Å²) >= 11 is 0. The zero-order chi connectivity index (χ0) is 17.5. The molecule has 0 radical (unpaired) electrons. The Labute approximate surface area is 137 Å². The molecule has 4 N–H and O–H groups in total. The van der Waals surface area contributed by atoms with Crippen molar-refractivity contribution in [3.63, 3.8) is 0 Å². The molecule has 2 unspecified atom stereocenters. The fraction of sp³-hybridized carbons (Fsp3) is 0.438. The molecule has 0 saturated heterocycles. The molecule has 0 aromatic heterocycles. The molecule has 0 amide bonds. The summed E-state index contributed by atoms with van der Waals surface area (Å²) in [5.74, 6) is 0.146. The highest BCUT2D eigenvalue weighted by Crippen LogP contribution is 2.44. The van der Waals surface area contributed by atoms with Gasteiger partial charge < -0.3 is 15.8 Å². The quantitative estimate of drug-likeness (QED) is 0.791. The Kier molecular flexibility index (Phi) is 3.95. The summed E-state index contributed by atoms with van der Waals surface area (Å²) in [5.41, 5.74) is 8.35. The molecule has 8 heteroatoms. The number of nitrogens with one attached hydrogen (secondary N) is 2. The van der Waals surface area contributed by atoms with Crippen molar-refractivity contribution in [2.24, 2.45) is 10.7 Å². The van der Waals surface area contributed by atoms with Gasteiger partial charge in [0.1, 0.15) is 11.4 Å². The van der Waals surface area contributed by atoms with E-state index in [4.69, 9.17) is 5.73 Å². The maximum Gasteiger partial charge on any atom is 0.573 e. The summed E-state index contributed by atoms with van der Waals surface area (Å²) in [6, 6.07) is 5.97. The number of rotatable bonds is 3. The molecule has 1 aliphatic heterocycles. The van der Waals surface area contributed by atoms with Crippen molar-refractivity contribution < 1.29 is 17.9 Å². The van der Waals surface area contributed by atoms with Crippen molar-refractivity contribution in [2.45, 2.75) is 37.7 Å². The van der Waals surface area contributed by atoms with E-state index in [1.807, 2.05) is 14.0 Å². The highest BCUT2D eigenvalue weighted by Gasteiger charge is 2.40. The monoisotopic (exact) mass is 340 g/mol. The lowest BCUT2D eigenvalue weighted by Crippen LogP contribution is -2.49. The van der Waals surface area contributed by atoms with Crippen LogP contribution in [0.2, 0.25) is 0 Å². The average molecular weight is 340 g/mol. The molecule has 0 bridgehead atoms. The fourth-order valence-electron chi connectivity index (χ4n) is 3.36. The fourth-order valence-corrected chi connectivity index (χ4v) is 3.36. The van der Waals surface area contributed by atoms with E-state index < -0.39 is 12.0 Å². The van der Waals surface area contributed by atoms with Gasteiger partial charge in [-0.2, -0.15) is 0 Å². The number of aliphatic imine (C=N–C) groups is 1. The van der Waals surface area contributed by atoms with Gasteiger partial charge >= 0.3 is 6.36 Å². The molecule has 0 saturated carbocycles. The van der Waals surface area contributed by atoms with E-state index in [0.717, 1.165) is 29.7 Å². The molecule has 24 heavy (non-hydrogen) atoms.